The normalized spacial score (nSPS) is 11.0. The van der Waals surface area contributed by atoms with Crippen molar-refractivity contribution < 1.29 is 14.3 Å². The summed E-state index contributed by atoms with van der Waals surface area (Å²) in [5.41, 5.74) is 2.10. The van der Waals surface area contributed by atoms with Crippen LogP contribution in [0.4, 0.5) is 5.69 Å². The van der Waals surface area contributed by atoms with Crippen LogP contribution in [0.2, 0.25) is 0 Å². The highest BCUT2D eigenvalue weighted by Gasteiger charge is 2.10. The Morgan fingerprint density at radius 1 is 1.04 bits per heavy atom. The molecule has 0 aliphatic rings. The lowest BCUT2D eigenvalue weighted by Crippen LogP contribution is -2.15. The number of rotatable bonds is 9. The Bertz CT molecular complexity index is 916. The fourth-order valence-corrected chi connectivity index (χ4v) is 2.89. The number of benzene rings is 2. The molecule has 0 saturated carbocycles. The monoisotopic (exact) mass is 381 g/mol. The van der Waals surface area contributed by atoms with Crippen molar-refractivity contribution >= 4 is 22.5 Å². The molecule has 1 aromatic heterocycles. The van der Waals surface area contributed by atoms with E-state index in [1.165, 1.54) is 0 Å². The Balaban J connectivity index is 1.59. The van der Waals surface area contributed by atoms with Gasteiger partial charge in [-0.1, -0.05) is 0 Å². The van der Waals surface area contributed by atoms with Crippen LogP contribution in [-0.4, -0.2) is 49.6 Å². The molecule has 1 amide bonds. The van der Waals surface area contributed by atoms with Crippen LogP contribution in [-0.2, 0) is 0 Å². The molecule has 0 aliphatic heterocycles. The summed E-state index contributed by atoms with van der Waals surface area (Å²) in [7, 11) is 4.09. The van der Waals surface area contributed by atoms with Gasteiger partial charge in [0.25, 0.3) is 5.91 Å². The van der Waals surface area contributed by atoms with Gasteiger partial charge in [0.1, 0.15) is 17.2 Å². The standard InChI is InChI=1S/C22H27N3O3/c1-4-27-19-9-6-16-14-21(24-20(16)15-19)22(26)23-17-7-10-18(11-8-17)28-13-5-12-25(2)3/h6-11,14-15,24H,4-5,12-13H2,1-3H3,(H,23,26). The molecule has 1 heterocycles. The van der Waals surface area contributed by atoms with Crippen molar-refractivity contribution in [2.24, 2.45) is 0 Å². The van der Waals surface area contributed by atoms with Crippen LogP contribution in [0.5, 0.6) is 11.5 Å². The zero-order valence-corrected chi connectivity index (χ0v) is 16.6. The van der Waals surface area contributed by atoms with Crippen molar-refractivity contribution in [3.05, 3.63) is 54.2 Å². The van der Waals surface area contributed by atoms with Crippen LogP contribution in [0.3, 0.4) is 0 Å². The van der Waals surface area contributed by atoms with Crippen LogP contribution in [0.15, 0.2) is 48.5 Å². The number of nitrogens with zero attached hydrogens (tertiary/aromatic N) is 1. The second-order valence-electron chi connectivity index (χ2n) is 6.85. The summed E-state index contributed by atoms with van der Waals surface area (Å²) in [6.07, 6.45) is 0.969. The number of H-pyrrole nitrogens is 1. The van der Waals surface area contributed by atoms with E-state index in [0.29, 0.717) is 18.9 Å². The van der Waals surface area contributed by atoms with E-state index in [2.05, 4.69) is 15.2 Å². The van der Waals surface area contributed by atoms with Gasteiger partial charge < -0.3 is 24.7 Å². The molecule has 6 heteroatoms. The first-order valence-electron chi connectivity index (χ1n) is 9.49. The summed E-state index contributed by atoms with van der Waals surface area (Å²) in [6.45, 7) is 4.21. The fraction of sp³-hybridized carbons (Fsp3) is 0.318. The molecule has 0 spiro atoms. The number of ether oxygens (including phenoxy) is 2. The number of nitrogens with one attached hydrogen (secondary N) is 2. The molecule has 148 valence electrons. The van der Waals surface area contributed by atoms with Crippen molar-refractivity contribution in [2.75, 3.05) is 39.2 Å². The molecule has 2 N–H and O–H groups in total. The summed E-state index contributed by atoms with van der Waals surface area (Å²) in [4.78, 5) is 17.8. The Kier molecular flexibility index (Phi) is 6.55. The summed E-state index contributed by atoms with van der Waals surface area (Å²) >= 11 is 0. The first-order valence-corrected chi connectivity index (χ1v) is 9.49. The van der Waals surface area contributed by atoms with Crippen molar-refractivity contribution in [3.63, 3.8) is 0 Å². The Labute approximate surface area is 165 Å². The summed E-state index contributed by atoms with van der Waals surface area (Å²) in [5.74, 6) is 1.39. The van der Waals surface area contributed by atoms with Crippen LogP contribution >= 0.6 is 0 Å². The topological polar surface area (TPSA) is 66.6 Å². The van der Waals surface area contributed by atoms with Gasteiger partial charge >= 0.3 is 0 Å². The smallest absolute Gasteiger partial charge is 0.272 e. The molecular formula is C22H27N3O3. The van der Waals surface area contributed by atoms with E-state index in [4.69, 9.17) is 9.47 Å². The minimum Gasteiger partial charge on any atom is -0.494 e. The highest BCUT2D eigenvalue weighted by Crippen LogP contribution is 2.22. The van der Waals surface area contributed by atoms with Crippen LogP contribution in [0.25, 0.3) is 10.9 Å². The van der Waals surface area contributed by atoms with Gasteiger partial charge in [0.2, 0.25) is 0 Å². The molecule has 0 fully saturated rings. The quantitative estimate of drug-likeness (QED) is 0.547. The second kappa shape index (κ2) is 9.28. The number of anilines is 1. The van der Waals surface area contributed by atoms with Gasteiger partial charge in [0, 0.05) is 29.2 Å². The van der Waals surface area contributed by atoms with E-state index >= 15 is 0 Å². The van der Waals surface area contributed by atoms with E-state index in [-0.39, 0.29) is 5.91 Å². The van der Waals surface area contributed by atoms with Crippen molar-refractivity contribution in [1.29, 1.82) is 0 Å². The zero-order valence-electron chi connectivity index (χ0n) is 16.6. The van der Waals surface area contributed by atoms with E-state index in [9.17, 15) is 4.79 Å². The number of carbonyl (C=O) groups excluding carboxylic acids is 1. The summed E-state index contributed by atoms with van der Waals surface area (Å²) < 4.78 is 11.2. The number of hydrogen-bond donors (Lipinski definition) is 2. The van der Waals surface area contributed by atoms with Crippen molar-refractivity contribution in [1.82, 2.24) is 9.88 Å². The first-order chi connectivity index (χ1) is 13.5. The van der Waals surface area contributed by atoms with Crippen molar-refractivity contribution in [3.8, 4) is 11.5 Å². The number of hydrogen-bond acceptors (Lipinski definition) is 4. The van der Waals surface area contributed by atoms with Gasteiger partial charge in [-0.15, -0.1) is 0 Å². The highest BCUT2D eigenvalue weighted by atomic mass is 16.5. The molecule has 0 aliphatic carbocycles. The van der Waals surface area contributed by atoms with Crippen molar-refractivity contribution in [2.45, 2.75) is 13.3 Å². The van der Waals surface area contributed by atoms with Gasteiger partial charge in [-0.05, 0) is 69.9 Å². The maximum Gasteiger partial charge on any atom is 0.272 e. The fourth-order valence-electron chi connectivity index (χ4n) is 2.89. The van der Waals surface area contributed by atoms with E-state index < -0.39 is 0 Å². The molecule has 0 atom stereocenters. The third-order valence-electron chi connectivity index (χ3n) is 4.28. The second-order valence-corrected chi connectivity index (χ2v) is 6.85. The lowest BCUT2D eigenvalue weighted by molar-refractivity contribution is 0.102. The predicted molar refractivity (Wildman–Crippen MR) is 113 cm³/mol. The Hall–Kier alpha value is -2.99. The lowest BCUT2D eigenvalue weighted by atomic mass is 10.2. The number of carbonyl (C=O) groups is 1. The maximum absolute atomic E-state index is 12.5. The molecule has 0 radical (unpaired) electrons. The first kappa shape index (κ1) is 19.8. The maximum atomic E-state index is 12.5. The van der Waals surface area contributed by atoms with Gasteiger partial charge in [0.05, 0.1) is 13.2 Å². The summed E-state index contributed by atoms with van der Waals surface area (Å²) in [6, 6.07) is 15.0. The van der Waals surface area contributed by atoms with E-state index in [1.807, 2.05) is 69.6 Å². The molecule has 2 aromatic carbocycles. The van der Waals surface area contributed by atoms with Gasteiger partial charge in [-0.3, -0.25) is 4.79 Å². The largest absolute Gasteiger partial charge is 0.494 e. The van der Waals surface area contributed by atoms with E-state index in [1.54, 1.807) is 0 Å². The van der Waals surface area contributed by atoms with Crippen LogP contribution < -0.4 is 14.8 Å². The molecule has 6 nitrogen and oxygen atoms in total. The third-order valence-corrected chi connectivity index (χ3v) is 4.28. The Morgan fingerprint density at radius 3 is 2.50 bits per heavy atom. The number of aromatic nitrogens is 1. The van der Waals surface area contributed by atoms with Crippen LogP contribution in [0.1, 0.15) is 23.8 Å². The lowest BCUT2D eigenvalue weighted by Gasteiger charge is -2.11. The molecule has 0 saturated heterocycles. The molecule has 3 rings (SSSR count). The zero-order chi connectivity index (χ0) is 19.9. The van der Waals surface area contributed by atoms with Gasteiger partial charge in [-0.2, -0.15) is 0 Å². The van der Waals surface area contributed by atoms with Crippen LogP contribution in [0, 0.1) is 0 Å². The predicted octanol–water partition coefficient (Wildman–Crippen LogP) is 4.15. The van der Waals surface area contributed by atoms with E-state index in [0.717, 1.165) is 41.1 Å². The molecular weight excluding hydrogens is 354 g/mol. The number of aromatic amines is 1. The molecule has 0 unspecified atom stereocenters. The molecule has 28 heavy (non-hydrogen) atoms. The summed E-state index contributed by atoms with van der Waals surface area (Å²) in [5, 5.41) is 3.87. The minimum absolute atomic E-state index is 0.186. The highest BCUT2D eigenvalue weighted by molar-refractivity contribution is 6.06. The number of fused-ring (bicyclic) bond motifs is 1. The SMILES string of the molecule is CCOc1ccc2cc(C(=O)Nc3ccc(OCCCN(C)C)cc3)[nH]c2c1. The Morgan fingerprint density at radius 2 is 1.79 bits per heavy atom. The van der Waals surface area contributed by atoms with Gasteiger partial charge in [-0.25, -0.2) is 0 Å². The minimum atomic E-state index is -0.186. The average Bonchev–Trinajstić information content (AvgIpc) is 3.10. The number of amides is 1. The molecule has 3 aromatic rings. The average molecular weight is 381 g/mol. The third kappa shape index (κ3) is 5.27. The molecule has 0 bridgehead atoms. The van der Waals surface area contributed by atoms with Gasteiger partial charge in [0.15, 0.2) is 0 Å².